The normalized spacial score (nSPS) is 10.1. The van der Waals surface area contributed by atoms with E-state index in [9.17, 15) is 9.59 Å². The van der Waals surface area contributed by atoms with Gasteiger partial charge in [-0.25, -0.2) is 9.59 Å². The van der Waals surface area contributed by atoms with Gasteiger partial charge in [0.1, 0.15) is 13.2 Å². The second kappa shape index (κ2) is 8.68. The Morgan fingerprint density at radius 3 is 2.00 bits per heavy atom. The molecule has 0 saturated carbocycles. The van der Waals surface area contributed by atoms with Gasteiger partial charge in [0.2, 0.25) is 0 Å². The Hall–Kier alpha value is -3.08. The minimum absolute atomic E-state index is 0.00500. The summed E-state index contributed by atoms with van der Waals surface area (Å²) in [4.78, 5) is 23.1. The van der Waals surface area contributed by atoms with Gasteiger partial charge in [0, 0.05) is 11.3 Å². The third kappa shape index (κ3) is 5.80. The van der Waals surface area contributed by atoms with Crippen LogP contribution in [0.4, 0.5) is 5.69 Å². The Morgan fingerprint density at radius 2 is 1.44 bits per heavy atom. The summed E-state index contributed by atoms with van der Waals surface area (Å²) in [5.41, 5.74) is 9.39. The number of esters is 2. The Bertz CT molecular complexity index is 748. The molecule has 0 radical (unpaired) electrons. The van der Waals surface area contributed by atoms with Crippen molar-refractivity contribution in [2.45, 2.75) is 13.3 Å². The highest BCUT2D eigenvalue weighted by Gasteiger charge is 2.08. The summed E-state index contributed by atoms with van der Waals surface area (Å²) in [5.74, 6) is -0.950. The van der Waals surface area contributed by atoms with E-state index in [2.05, 4.69) is 6.58 Å². The molecule has 0 fully saturated rings. The molecule has 2 aromatic rings. The van der Waals surface area contributed by atoms with Gasteiger partial charge in [-0.2, -0.15) is 0 Å². The number of nitrogen functional groups attached to an aromatic ring is 1. The lowest BCUT2D eigenvalue weighted by Gasteiger charge is -2.07. The fourth-order valence-corrected chi connectivity index (χ4v) is 2.11. The first-order valence-electron chi connectivity index (χ1n) is 7.89. The molecule has 2 rings (SSSR count). The van der Waals surface area contributed by atoms with E-state index >= 15 is 0 Å². The van der Waals surface area contributed by atoms with Crippen LogP contribution >= 0.6 is 0 Å². The average molecular weight is 339 g/mol. The molecule has 0 heterocycles. The highest BCUT2D eigenvalue weighted by Crippen LogP contribution is 2.13. The number of rotatable bonds is 7. The summed E-state index contributed by atoms with van der Waals surface area (Å²) >= 11 is 0. The van der Waals surface area contributed by atoms with E-state index in [4.69, 9.17) is 15.2 Å². The smallest absolute Gasteiger partial charge is 0.338 e. The molecule has 5 heteroatoms. The summed E-state index contributed by atoms with van der Waals surface area (Å²) in [7, 11) is 0. The van der Waals surface area contributed by atoms with Crippen LogP contribution in [0.1, 0.15) is 28.4 Å². The second-order valence-electron chi connectivity index (χ2n) is 5.67. The standard InChI is InChI=1S/C20H21NO4/c1-14(2)19(22)24-11-12-25-20(23)17-7-3-15(4-8-17)13-16-5-9-18(21)10-6-16/h3-10H,1,11-13,21H2,2H3. The summed E-state index contributed by atoms with van der Waals surface area (Å²) < 4.78 is 9.93. The summed E-state index contributed by atoms with van der Waals surface area (Å²) in [6.07, 6.45) is 0.756. The molecule has 0 aromatic heterocycles. The Kier molecular flexibility index (Phi) is 6.34. The molecule has 0 spiro atoms. The number of benzene rings is 2. The van der Waals surface area contributed by atoms with Gasteiger partial charge in [-0.05, 0) is 48.7 Å². The van der Waals surface area contributed by atoms with Crippen molar-refractivity contribution in [3.63, 3.8) is 0 Å². The second-order valence-corrected chi connectivity index (χ2v) is 5.67. The maximum Gasteiger partial charge on any atom is 0.338 e. The predicted molar refractivity (Wildman–Crippen MR) is 96.2 cm³/mol. The number of hydrogen-bond acceptors (Lipinski definition) is 5. The van der Waals surface area contributed by atoms with Gasteiger partial charge >= 0.3 is 11.9 Å². The van der Waals surface area contributed by atoms with Gasteiger partial charge < -0.3 is 15.2 Å². The zero-order chi connectivity index (χ0) is 18.2. The van der Waals surface area contributed by atoms with Gasteiger partial charge in [0.25, 0.3) is 0 Å². The Balaban J connectivity index is 1.82. The third-order valence-corrected chi connectivity index (χ3v) is 3.48. The summed E-state index contributed by atoms with van der Waals surface area (Å²) in [5, 5.41) is 0. The first-order valence-corrected chi connectivity index (χ1v) is 7.89. The van der Waals surface area contributed by atoms with Crippen LogP contribution in [0.2, 0.25) is 0 Å². The van der Waals surface area contributed by atoms with Gasteiger partial charge in [-0.3, -0.25) is 0 Å². The van der Waals surface area contributed by atoms with Crippen LogP contribution in [-0.2, 0) is 20.7 Å². The number of carbonyl (C=O) groups is 2. The number of anilines is 1. The molecular formula is C20H21NO4. The van der Waals surface area contributed by atoms with Gasteiger partial charge in [0.15, 0.2) is 0 Å². The number of hydrogen-bond donors (Lipinski definition) is 1. The molecule has 0 saturated heterocycles. The first kappa shape index (κ1) is 18.3. The maximum atomic E-state index is 11.9. The lowest BCUT2D eigenvalue weighted by atomic mass is 10.0. The Labute approximate surface area is 147 Å². The first-order chi connectivity index (χ1) is 12.0. The zero-order valence-corrected chi connectivity index (χ0v) is 14.2. The number of nitrogens with two attached hydrogens (primary N) is 1. The summed E-state index contributed by atoms with van der Waals surface area (Å²) in [6.45, 7) is 5.04. The van der Waals surface area contributed by atoms with Crippen molar-refractivity contribution in [1.29, 1.82) is 0 Å². The molecule has 0 aliphatic heterocycles. The molecule has 0 atom stereocenters. The van der Waals surface area contributed by atoms with Crippen LogP contribution in [0.5, 0.6) is 0 Å². The molecule has 0 aliphatic carbocycles. The van der Waals surface area contributed by atoms with Crippen molar-refractivity contribution >= 4 is 17.6 Å². The van der Waals surface area contributed by atoms with Crippen LogP contribution in [0.15, 0.2) is 60.7 Å². The minimum atomic E-state index is -0.497. The van der Waals surface area contributed by atoms with Gasteiger partial charge in [-0.1, -0.05) is 30.8 Å². The summed E-state index contributed by atoms with van der Waals surface area (Å²) in [6, 6.07) is 14.9. The van der Waals surface area contributed by atoms with E-state index in [0.29, 0.717) is 11.1 Å². The topological polar surface area (TPSA) is 78.6 Å². The van der Waals surface area contributed by atoms with E-state index in [0.717, 1.165) is 23.2 Å². The van der Waals surface area contributed by atoms with Gasteiger partial charge in [0.05, 0.1) is 5.56 Å². The molecule has 0 unspecified atom stereocenters. The van der Waals surface area contributed by atoms with Gasteiger partial charge in [-0.15, -0.1) is 0 Å². The van der Waals surface area contributed by atoms with E-state index in [1.54, 1.807) is 19.1 Å². The molecule has 0 bridgehead atoms. The average Bonchev–Trinajstić information content (AvgIpc) is 2.61. The quantitative estimate of drug-likeness (QED) is 0.363. The SMILES string of the molecule is C=C(C)C(=O)OCCOC(=O)c1ccc(Cc2ccc(N)cc2)cc1. The van der Waals surface area contributed by atoms with E-state index in [-0.39, 0.29) is 13.2 Å². The monoisotopic (exact) mass is 339 g/mol. The van der Waals surface area contributed by atoms with Crippen LogP contribution in [0.3, 0.4) is 0 Å². The number of carbonyl (C=O) groups excluding carboxylic acids is 2. The molecule has 0 aliphatic rings. The maximum absolute atomic E-state index is 11.9. The van der Waals surface area contributed by atoms with Crippen molar-refractivity contribution in [2.75, 3.05) is 18.9 Å². The molecule has 2 aromatic carbocycles. The van der Waals surface area contributed by atoms with Crippen molar-refractivity contribution in [2.24, 2.45) is 0 Å². The van der Waals surface area contributed by atoms with Crippen LogP contribution in [-0.4, -0.2) is 25.2 Å². The molecule has 2 N–H and O–H groups in total. The van der Waals surface area contributed by atoms with Crippen LogP contribution in [0.25, 0.3) is 0 Å². The molecule has 130 valence electrons. The third-order valence-electron chi connectivity index (χ3n) is 3.48. The Morgan fingerprint density at radius 1 is 0.920 bits per heavy atom. The molecular weight excluding hydrogens is 318 g/mol. The minimum Gasteiger partial charge on any atom is -0.459 e. The van der Waals surface area contributed by atoms with E-state index < -0.39 is 11.9 Å². The van der Waals surface area contributed by atoms with Crippen molar-refractivity contribution in [3.05, 3.63) is 77.4 Å². The molecule has 25 heavy (non-hydrogen) atoms. The van der Waals surface area contributed by atoms with Crippen molar-refractivity contribution in [1.82, 2.24) is 0 Å². The van der Waals surface area contributed by atoms with E-state index in [1.165, 1.54) is 0 Å². The van der Waals surface area contributed by atoms with Crippen LogP contribution in [0, 0.1) is 0 Å². The number of ether oxygens (including phenoxy) is 2. The van der Waals surface area contributed by atoms with Crippen LogP contribution < -0.4 is 5.73 Å². The molecule has 5 nitrogen and oxygen atoms in total. The van der Waals surface area contributed by atoms with Crippen molar-refractivity contribution < 1.29 is 19.1 Å². The van der Waals surface area contributed by atoms with E-state index in [1.807, 2.05) is 36.4 Å². The lowest BCUT2D eigenvalue weighted by Crippen LogP contribution is -2.14. The fraction of sp³-hybridized carbons (Fsp3) is 0.200. The fourth-order valence-electron chi connectivity index (χ4n) is 2.11. The highest BCUT2D eigenvalue weighted by molar-refractivity contribution is 5.89. The molecule has 0 amide bonds. The van der Waals surface area contributed by atoms with Crippen molar-refractivity contribution in [3.8, 4) is 0 Å². The lowest BCUT2D eigenvalue weighted by molar-refractivity contribution is -0.140. The predicted octanol–water partition coefficient (Wildman–Crippen LogP) is 3.14. The highest BCUT2D eigenvalue weighted by atomic mass is 16.6. The largest absolute Gasteiger partial charge is 0.459 e. The zero-order valence-electron chi connectivity index (χ0n) is 14.2.